The van der Waals surface area contributed by atoms with Crippen molar-refractivity contribution in [1.82, 2.24) is 24.5 Å². The Morgan fingerprint density at radius 1 is 1.27 bits per heavy atom. The summed E-state index contributed by atoms with van der Waals surface area (Å²) < 4.78 is 37.7. The lowest BCUT2D eigenvalue weighted by atomic mass is 10.1. The molecule has 1 fully saturated rings. The number of hydrogen-bond donors (Lipinski definition) is 0. The molecule has 1 aliphatic heterocycles. The van der Waals surface area contributed by atoms with E-state index in [0.29, 0.717) is 55.7 Å². The molecular formula is C19H29N5O5S. The van der Waals surface area contributed by atoms with Crippen LogP contribution in [0.4, 0.5) is 0 Å². The van der Waals surface area contributed by atoms with Crippen molar-refractivity contribution in [3.63, 3.8) is 0 Å². The predicted molar refractivity (Wildman–Crippen MR) is 107 cm³/mol. The molecule has 1 saturated heterocycles. The Hall–Kier alpha value is -2.27. The maximum Gasteiger partial charge on any atom is 0.248 e. The molecule has 0 radical (unpaired) electrons. The molecule has 2 aromatic rings. The number of nitrogens with zero attached hydrogens (tertiary/aromatic N) is 5. The molecule has 0 N–H and O–H groups in total. The first-order chi connectivity index (χ1) is 14.1. The van der Waals surface area contributed by atoms with Crippen LogP contribution in [0.15, 0.2) is 13.9 Å². The van der Waals surface area contributed by atoms with Crippen LogP contribution < -0.4 is 0 Å². The highest BCUT2D eigenvalue weighted by Crippen LogP contribution is 2.28. The van der Waals surface area contributed by atoms with Crippen molar-refractivity contribution in [1.29, 1.82) is 0 Å². The fraction of sp³-hybridized carbons (Fsp3) is 0.684. The molecule has 2 aromatic heterocycles. The summed E-state index contributed by atoms with van der Waals surface area (Å²) in [4.78, 5) is 18.4. The van der Waals surface area contributed by atoms with E-state index in [1.54, 1.807) is 18.7 Å². The summed E-state index contributed by atoms with van der Waals surface area (Å²) in [6, 6.07) is -0.209. The van der Waals surface area contributed by atoms with E-state index in [0.717, 1.165) is 0 Å². The van der Waals surface area contributed by atoms with Crippen LogP contribution in [0.25, 0.3) is 0 Å². The molecule has 0 aliphatic carbocycles. The topological polar surface area (TPSA) is 123 Å². The van der Waals surface area contributed by atoms with Gasteiger partial charge in [0, 0.05) is 45.4 Å². The molecule has 1 aliphatic rings. The molecule has 11 heteroatoms. The molecular weight excluding hydrogens is 410 g/mol. The van der Waals surface area contributed by atoms with E-state index < -0.39 is 10.0 Å². The first-order valence-corrected chi connectivity index (χ1v) is 11.5. The number of rotatable bonds is 8. The van der Waals surface area contributed by atoms with Gasteiger partial charge >= 0.3 is 0 Å². The summed E-state index contributed by atoms with van der Waals surface area (Å²) in [5.74, 6) is 1.72. The van der Waals surface area contributed by atoms with Gasteiger partial charge < -0.3 is 13.9 Å². The van der Waals surface area contributed by atoms with Gasteiger partial charge in [0.05, 0.1) is 0 Å². The molecule has 30 heavy (non-hydrogen) atoms. The minimum Gasteiger partial charge on any atom is -0.360 e. The third-order valence-electron chi connectivity index (χ3n) is 5.21. The zero-order valence-electron chi connectivity index (χ0n) is 18.1. The van der Waals surface area contributed by atoms with Crippen molar-refractivity contribution in [2.24, 2.45) is 5.92 Å². The fourth-order valence-corrected chi connectivity index (χ4v) is 5.58. The van der Waals surface area contributed by atoms with E-state index in [2.05, 4.69) is 29.1 Å². The average Bonchev–Trinajstić information content (AvgIpc) is 3.36. The van der Waals surface area contributed by atoms with Crippen LogP contribution in [0, 0.1) is 19.8 Å². The van der Waals surface area contributed by atoms with E-state index in [1.165, 1.54) is 11.2 Å². The van der Waals surface area contributed by atoms with Crippen molar-refractivity contribution in [3.05, 3.63) is 23.2 Å². The summed E-state index contributed by atoms with van der Waals surface area (Å²) >= 11 is 0. The Balaban J connectivity index is 1.66. The highest BCUT2D eigenvalue weighted by Gasteiger charge is 2.38. The summed E-state index contributed by atoms with van der Waals surface area (Å²) in [7, 11) is -3.72. The van der Waals surface area contributed by atoms with Crippen molar-refractivity contribution in [2.75, 3.05) is 19.6 Å². The number of carbonyl (C=O) groups excluding carboxylic acids is 1. The van der Waals surface area contributed by atoms with Crippen LogP contribution in [0.2, 0.25) is 0 Å². The molecule has 1 atom stereocenters. The number of aromatic nitrogens is 3. The second-order valence-corrected chi connectivity index (χ2v) is 10.00. The number of amides is 1. The number of carbonyl (C=O) groups is 1. The number of hydrogen-bond acceptors (Lipinski definition) is 8. The first-order valence-electron chi connectivity index (χ1n) is 10.1. The maximum absolute atomic E-state index is 13.0. The number of sulfonamides is 1. The Morgan fingerprint density at radius 2 is 2.00 bits per heavy atom. The second-order valence-electron chi connectivity index (χ2n) is 8.12. The lowest BCUT2D eigenvalue weighted by Gasteiger charge is -2.27. The van der Waals surface area contributed by atoms with E-state index in [1.807, 2.05) is 0 Å². The Bertz CT molecular complexity index is 977. The third-order valence-corrected chi connectivity index (χ3v) is 7.32. The third kappa shape index (κ3) is 4.72. The van der Waals surface area contributed by atoms with Gasteiger partial charge in [-0.3, -0.25) is 4.79 Å². The molecule has 0 bridgehead atoms. The molecule has 1 amide bonds. The molecule has 0 saturated carbocycles. The van der Waals surface area contributed by atoms with Crippen molar-refractivity contribution in [2.45, 2.75) is 64.8 Å². The van der Waals surface area contributed by atoms with Gasteiger partial charge in [-0.1, -0.05) is 24.2 Å². The molecule has 166 valence electrons. The van der Waals surface area contributed by atoms with Crippen LogP contribution in [-0.2, 0) is 27.7 Å². The van der Waals surface area contributed by atoms with Gasteiger partial charge in [-0.2, -0.15) is 9.29 Å². The fourth-order valence-electron chi connectivity index (χ4n) is 3.80. The minimum absolute atomic E-state index is 0.109. The molecule has 0 aromatic carbocycles. The first kappa shape index (κ1) is 22.4. The van der Waals surface area contributed by atoms with Crippen LogP contribution in [0.5, 0.6) is 0 Å². The minimum atomic E-state index is -3.72. The molecule has 1 unspecified atom stereocenters. The Morgan fingerprint density at radius 3 is 2.60 bits per heavy atom. The summed E-state index contributed by atoms with van der Waals surface area (Å²) in [5, 5.41) is 7.74. The standard InChI is InChI=1S/C19H29N5O5S/c1-12(2)10-18-20-17(22-29-18)7-9-24(15(5)25)16-6-8-23(11-16)30(26,27)19-13(3)21-28-14(19)4/h12,16H,6-11H2,1-5H3. The largest absolute Gasteiger partial charge is 0.360 e. The van der Waals surface area contributed by atoms with Crippen LogP contribution in [-0.4, -0.2) is 64.5 Å². The van der Waals surface area contributed by atoms with Crippen molar-refractivity contribution >= 4 is 15.9 Å². The van der Waals surface area contributed by atoms with Crippen molar-refractivity contribution < 1.29 is 22.3 Å². The molecule has 3 rings (SSSR count). The van der Waals surface area contributed by atoms with Gasteiger partial charge in [0.25, 0.3) is 0 Å². The number of aryl methyl sites for hydroxylation is 2. The Labute approximate surface area is 176 Å². The van der Waals surface area contributed by atoms with E-state index >= 15 is 0 Å². The van der Waals surface area contributed by atoms with E-state index in [9.17, 15) is 13.2 Å². The highest BCUT2D eigenvalue weighted by atomic mass is 32.2. The molecule has 0 spiro atoms. The maximum atomic E-state index is 13.0. The van der Waals surface area contributed by atoms with Gasteiger partial charge in [-0.25, -0.2) is 8.42 Å². The summed E-state index contributed by atoms with van der Waals surface area (Å²) in [6.45, 7) is 9.80. The van der Waals surface area contributed by atoms with Gasteiger partial charge in [0.15, 0.2) is 11.6 Å². The smallest absolute Gasteiger partial charge is 0.248 e. The Kier molecular flexibility index (Phi) is 6.61. The van der Waals surface area contributed by atoms with Crippen LogP contribution in [0.3, 0.4) is 0 Å². The monoisotopic (exact) mass is 439 g/mol. The average molecular weight is 440 g/mol. The van der Waals surface area contributed by atoms with Crippen LogP contribution >= 0.6 is 0 Å². The van der Waals surface area contributed by atoms with Gasteiger partial charge in [-0.15, -0.1) is 0 Å². The zero-order chi connectivity index (χ0) is 22.1. The predicted octanol–water partition coefficient (Wildman–Crippen LogP) is 1.73. The second kappa shape index (κ2) is 8.84. The van der Waals surface area contributed by atoms with E-state index in [4.69, 9.17) is 9.05 Å². The highest BCUT2D eigenvalue weighted by molar-refractivity contribution is 7.89. The van der Waals surface area contributed by atoms with Crippen LogP contribution in [0.1, 0.15) is 50.4 Å². The van der Waals surface area contributed by atoms with Gasteiger partial charge in [0.2, 0.25) is 21.8 Å². The summed E-state index contributed by atoms with van der Waals surface area (Å²) in [5.41, 5.74) is 0.341. The van der Waals surface area contributed by atoms with Crippen molar-refractivity contribution in [3.8, 4) is 0 Å². The van der Waals surface area contributed by atoms with Gasteiger partial charge in [-0.05, 0) is 26.2 Å². The van der Waals surface area contributed by atoms with E-state index in [-0.39, 0.29) is 29.1 Å². The summed E-state index contributed by atoms with van der Waals surface area (Å²) in [6.07, 6.45) is 1.72. The molecule has 3 heterocycles. The normalized spacial score (nSPS) is 17.7. The van der Waals surface area contributed by atoms with Gasteiger partial charge in [0.1, 0.15) is 10.6 Å². The lowest BCUT2D eigenvalue weighted by molar-refractivity contribution is -0.130. The zero-order valence-corrected chi connectivity index (χ0v) is 18.9. The molecule has 10 nitrogen and oxygen atoms in total. The quantitative estimate of drug-likeness (QED) is 0.609. The SMILES string of the molecule is CC(=O)N(CCc1noc(CC(C)C)n1)C1CCN(S(=O)(=O)c2c(C)noc2C)C1. The lowest BCUT2D eigenvalue weighted by Crippen LogP contribution is -2.42.